The van der Waals surface area contributed by atoms with E-state index in [4.69, 9.17) is 15.6 Å². The van der Waals surface area contributed by atoms with Gasteiger partial charge in [0, 0.05) is 18.5 Å². The van der Waals surface area contributed by atoms with E-state index in [1.807, 2.05) is 12.1 Å². The molecular weight excluding hydrogens is 468 g/mol. The van der Waals surface area contributed by atoms with Gasteiger partial charge in [-0.2, -0.15) is 4.98 Å². The summed E-state index contributed by atoms with van der Waals surface area (Å²) in [5, 5.41) is 9.05. The number of nitrogens with two attached hydrogens (primary N) is 1. The van der Waals surface area contributed by atoms with Crippen molar-refractivity contribution >= 4 is 23.4 Å². The summed E-state index contributed by atoms with van der Waals surface area (Å²) in [4.78, 5) is 35.2. The van der Waals surface area contributed by atoms with Gasteiger partial charge < -0.3 is 20.5 Å². The quantitative estimate of drug-likeness (QED) is 0.371. The first-order valence-corrected chi connectivity index (χ1v) is 13.9. The minimum Gasteiger partial charge on any atom is -0.481 e. The third-order valence-corrected chi connectivity index (χ3v) is 7.70. The minimum atomic E-state index is -0.708. The molecule has 0 bridgehead atoms. The third kappa shape index (κ3) is 6.99. The predicted molar refractivity (Wildman–Crippen MR) is 144 cm³/mol. The third-order valence-electron chi connectivity index (χ3n) is 7.70. The zero-order valence-corrected chi connectivity index (χ0v) is 22.0. The molecule has 2 aromatic rings. The second kappa shape index (κ2) is 12.9. The van der Waals surface area contributed by atoms with Gasteiger partial charge in [0.05, 0.1) is 6.54 Å². The van der Waals surface area contributed by atoms with Gasteiger partial charge in [0.15, 0.2) is 0 Å². The Bertz CT molecular complexity index is 1060. The molecule has 37 heavy (non-hydrogen) atoms. The van der Waals surface area contributed by atoms with Crippen molar-refractivity contribution in [2.24, 2.45) is 5.92 Å². The Morgan fingerprint density at radius 1 is 1.05 bits per heavy atom. The van der Waals surface area contributed by atoms with Crippen molar-refractivity contribution in [2.75, 3.05) is 23.8 Å². The van der Waals surface area contributed by atoms with E-state index in [9.17, 15) is 9.59 Å². The van der Waals surface area contributed by atoms with Crippen molar-refractivity contribution in [2.45, 2.75) is 89.9 Å². The molecule has 1 aromatic carbocycles. The summed E-state index contributed by atoms with van der Waals surface area (Å²) in [7, 11) is 0. The number of hydrogen-bond donors (Lipinski definition) is 2. The van der Waals surface area contributed by atoms with Gasteiger partial charge in [-0.3, -0.25) is 9.59 Å². The smallest absolute Gasteiger partial charge is 0.303 e. The highest BCUT2D eigenvalue weighted by Crippen LogP contribution is 2.38. The maximum absolute atomic E-state index is 13.5. The number of hydrogen-bond acceptors (Lipinski definition) is 6. The number of carbonyl (C=O) groups excluding carboxylic acids is 1. The number of fused-ring (bicyclic) bond motifs is 1. The highest BCUT2D eigenvalue weighted by molar-refractivity contribution is 6.10. The zero-order valence-electron chi connectivity index (χ0n) is 22.0. The molecule has 4 rings (SSSR count). The normalized spacial score (nSPS) is 19.7. The molecule has 1 aromatic heterocycles. The number of nitrogen functional groups attached to an aromatic ring is 1. The number of benzene rings is 1. The van der Waals surface area contributed by atoms with Crippen LogP contribution in [-0.4, -0.2) is 40.1 Å². The summed E-state index contributed by atoms with van der Waals surface area (Å²) in [6, 6.07) is 8.12. The van der Waals surface area contributed by atoms with Crippen LogP contribution in [0.1, 0.15) is 105 Å². The fourth-order valence-electron chi connectivity index (χ4n) is 5.57. The molecule has 0 saturated heterocycles. The van der Waals surface area contributed by atoms with Gasteiger partial charge in [-0.05, 0) is 61.6 Å². The van der Waals surface area contributed by atoms with Gasteiger partial charge in [0.2, 0.25) is 5.88 Å². The summed E-state index contributed by atoms with van der Waals surface area (Å²) in [6.45, 7) is 2.95. The van der Waals surface area contributed by atoms with Crippen LogP contribution >= 0.6 is 0 Å². The lowest BCUT2D eigenvalue weighted by molar-refractivity contribution is -0.138. The van der Waals surface area contributed by atoms with Gasteiger partial charge in [-0.25, -0.2) is 4.98 Å². The van der Waals surface area contributed by atoms with Crippen LogP contribution in [0.5, 0.6) is 5.88 Å². The number of aromatic nitrogens is 2. The topological polar surface area (TPSA) is 119 Å². The van der Waals surface area contributed by atoms with Gasteiger partial charge in [0.1, 0.15) is 23.8 Å². The van der Waals surface area contributed by atoms with Crippen LogP contribution in [0, 0.1) is 5.92 Å². The molecule has 1 fully saturated rings. The number of rotatable bonds is 11. The zero-order chi connectivity index (χ0) is 26.2. The summed E-state index contributed by atoms with van der Waals surface area (Å²) in [5.41, 5.74) is 8.53. The Labute approximate surface area is 219 Å². The second-order valence-electron chi connectivity index (χ2n) is 10.4. The van der Waals surface area contributed by atoms with Crippen LogP contribution in [0.4, 0.5) is 11.5 Å². The van der Waals surface area contributed by atoms with Crippen LogP contribution in [0.25, 0.3) is 0 Å². The molecule has 1 aliphatic carbocycles. The Balaban J connectivity index is 1.39. The lowest BCUT2D eigenvalue weighted by Gasteiger charge is -2.28. The van der Waals surface area contributed by atoms with Gasteiger partial charge in [0.25, 0.3) is 5.91 Å². The first-order chi connectivity index (χ1) is 18.0. The number of ether oxygens (including phenoxy) is 1. The van der Waals surface area contributed by atoms with E-state index in [0.717, 1.165) is 50.6 Å². The molecule has 8 nitrogen and oxygen atoms in total. The molecule has 2 aliphatic rings. The molecule has 0 radical (unpaired) electrons. The van der Waals surface area contributed by atoms with E-state index in [2.05, 4.69) is 29.0 Å². The number of aliphatic carboxylic acids is 1. The molecule has 0 atom stereocenters. The maximum atomic E-state index is 13.5. The molecule has 200 valence electrons. The molecule has 3 N–H and O–H groups in total. The van der Waals surface area contributed by atoms with E-state index >= 15 is 0 Å². The monoisotopic (exact) mass is 508 g/mol. The van der Waals surface area contributed by atoms with Gasteiger partial charge >= 0.3 is 5.97 Å². The highest BCUT2D eigenvalue weighted by atomic mass is 16.5. The Morgan fingerprint density at radius 3 is 2.46 bits per heavy atom. The molecule has 8 heteroatoms. The van der Waals surface area contributed by atoms with E-state index in [-0.39, 0.29) is 35.5 Å². The fourth-order valence-corrected chi connectivity index (χ4v) is 5.57. The van der Waals surface area contributed by atoms with Crippen LogP contribution in [0.15, 0.2) is 24.3 Å². The Kier molecular flexibility index (Phi) is 9.36. The summed E-state index contributed by atoms with van der Waals surface area (Å²) < 4.78 is 5.87. The predicted octanol–water partition coefficient (Wildman–Crippen LogP) is 5.75. The van der Waals surface area contributed by atoms with Crippen molar-refractivity contribution in [3.63, 3.8) is 0 Å². The van der Waals surface area contributed by atoms with Crippen molar-refractivity contribution in [3.8, 4) is 5.88 Å². The van der Waals surface area contributed by atoms with Crippen LogP contribution < -0.4 is 15.4 Å². The molecule has 1 saturated carbocycles. The second-order valence-corrected chi connectivity index (χ2v) is 10.4. The molecule has 0 unspecified atom stereocenters. The number of carboxylic acids is 1. The summed E-state index contributed by atoms with van der Waals surface area (Å²) in [5.74, 6) is 0.862. The Hall–Kier alpha value is -3.16. The standard InChI is InChI=1S/C29H40N4O4/c1-2-3-4-5-6-7-8-24-31-27(30)26-28(32-24)37-18-17-33(29(26)36)23-15-13-22(14-16-23)21-11-9-20(10-12-21)19-25(34)35/h13-16,20-21H,2-12,17-19H2,1H3,(H,34,35)(H2,30,31,32)/t20-,21-. The molecule has 0 spiro atoms. The number of anilines is 2. The summed E-state index contributed by atoms with van der Waals surface area (Å²) >= 11 is 0. The number of carbonyl (C=O) groups is 2. The Morgan fingerprint density at radius 2 is 1.76 bits per heavy atom. The first-order valence-electron chi connectivity index (χ1n) is 13.9. The van der Waals surface area contributed by atoms with Crippen LogP contribution in [0.2, 0.25) is 0 Å². The largest absolute Gasteiger partial charge is 0.481 e. The highest BCUT2D eigenvalue weighted by Gasteiger charge is 2.30. The van der Waals surface area contributed by atoms with Crippen LogP contribution in [-0.2, 0) is 11.2 Å². The number of nitrogens with zero attached hydrogens (tertiary/aromatic N) is 3. The minimum absolute atomic E-state index is 0.178. The lowest BCUT2D eigenvalue weighted by Crippen LogP contribution is -2.32. The molecular formula is C29H40N4O4. The van der Waals surface area contributed by atoms with E-state index in [1.54, 1.807) is 4.90 Å². The van der Waals surface area contributed by atoms with Gasteiger partial charge in [-0.1, -0.05) is 51.2 Å². The molecule has 1 aliphatic heterocycles. The SMILES string of the molecule is CCCCCCCCc1nc(N)c2c(n1)OCCN(c1ccc([C@H]3CC[C@H](CC(=O)O)CC3)cc1)C2=O. The van der Waals surface area contributed by atoms with E-state index < -0.39 is 5.97 Å². The van der Waals surface area contributed by atoms with Crippen molar-refractivity contribution in [3.05, 3.63) is 41.2 Å². The number of carboxylic acid groups (broad SMARTS) is 1. The average molecular weight is 509 g/mol. The first kappa shape index (κ1) is 26.9. The average Bonchev–Trinajstić information content (AvgIpc) is 3.05. The van der Waals surface area contributed by atoms with Crippen molar-refractivity contribution < 1.29 is 19.4 Å². The molecule has 1 amide bonds. The van der Waals surface area contributed by atoms with Crippen LogP contribution in [0.3, 0.4) is 0 Å². The fraction of sp³-hybridized carbons (Fsp3) is 0.586. The summed E-state index contributed by atoms with van der Waals surface area (Å²) in [6.07, 6.45) is 12.0. The number of aryl methyl sites for hydroxylation is 1. The van der Waals surface area contributed by atoms with E-state index in [1.165, 1.54) is 31.2 Å². The van der Waals surface area contributed by atoms with Crippen molar-refractivity contribution in [1.82, 2.24) is 9.97 Å². The van der Waals surface area contributed by atoms with E-state index in [0.29, 0.717) is 24.9 Å². The number of amides is 1. The van der Waals surface area contributed by atoms with Crippen molar-refractivity contribution in [1.29, 1.82) is 0 Å². The van der Waals surface area contributed by atoms with Gasteiger partial charge in [-0.15, -0.1) is 0 Å². The lowest BCUT2D eigenvalue weighted by atomic mass is 9.77. The maximum Gasteiger partial charge on any atom is 0.303 e. The number of unbranched alkanes of at least 4 members (excludes halogenated alkanes) is 5. The molecule has 2 heterocycles.